The zero-order valence-corrected chi connectivity index (χ0v) is 14.7. The SMILES string of the molecule is Cl.O.O.O=C(O)CC(O)(CC(=O)O)C(=O)O.[H-].[H-].[Na+].[Na+]. The van der Waals surface area contributed by atoms with Crippen molar-refractivity contribution in [2.45, 2.75) is 18.4 Å². The van der Waals surface area contributed by atoms with E-state index in [-0.39, 0.29) is 85.3 Å². The van der Waals surface area contributed by atoms with Crippen LogP contribution in [0.2, 0.25) is 0 Å². The van der Waals surface area contributed by atoms with Crippen LogP contribution in [0.15, 0.2) is 0 Å². The Bertz CT molecular complexity index is 253. The Morgan fingerprint density at radius 3 is 1.22 bits per heavy atom. The van der Waals surface area contributed by atoms with Gasteiger partial charge in [0.25, 0.3) is 0 Å². The first-order valence-electron chi connectivity index (χ1n) is 3.17. The molecule has 9 nitrogen and oxygen atoms in total. The van der Waals surface area contributed by atoms with Crippen molar-refractivity contribution >= 4 is 30.3 Å². The number of aliphatic carboxylic acids is 3. The van der Waals surface area contributed by atoms with Gasteiger partial charge in [0.1, 0.15) is 0 Å². The molecule has 0 atom stereocenters. The fourth-order valence-corrected chi connectivity index (χ4v) is 0.714. The molecule has 102 valence electrons. The zero-order valence-electron chi connectivity index (χ0n) is 11.8. The van der Waals surface area contributed by atoms with Gasteiger partial charge < -0.3 is 34.2 Å². The molecular formula is C6H15ClNa2O9. The van der Waals surface area contributed by atoms with Gasteiger partial charge in [-0.2, -0.15) is 0 Å². The van der Waals surface area contributed by atoms with Gasteiger partial charge in [-0.1, -0.05) is 0 Å². The summed E-state index contributed by atoms with van der Waals surface area (Å²) in [5.74, 6) is -5.02. The third-order valence-electron chi connectivity index (χ3n) is 1.29. The number of aliphatic hydroxyl groups is 1. The molecule has 0 heterocycles. The molecule has 0 unspecified atom stereocenters. The summed E-state index contributed by atoms with van der Waals surface area (Å²) in [7, 11) is 0. The zero-order chi connectivity index (χ0) is 10.6. The maximum Gasteiger partial charge on any atom is 1.00 e. The molecule has 8 N–H and O–H groups in total. The first-order valence-corrected chi connectivity index (χ1v) is 3.17. The molecule has 0 bridgehead atoms. The summed E-state index contributed by atoms with van der Waals surface area (Å²) in [5, 5.41) is 33.8. The molecule has 0 saturated carbocycles. The van der Waals surface area contributed by atoms with E-state index in [9.17, 15) is 14.4 Å². The number of hydrogen-bond acceptors (Lipinski definition) is 4. The predicted octanol–water partition coefficient (Wildman–Crippen LogP) is -8.24. The standard InChI is InChI=1S/C6H8O7.ClH.2Na.2H2O.2H/c7-3(8)1-6(13,5(11)12)2-4(9)10;;;;;;;/h13H,1-2H2,(H,7,8)(H,9,10)(H,11,12);1H;;;2*1H2;;/q;;2*+1;;;2*-1. The number of hydrogen-bond donors (Lipinski definition) is 4. The molecule has 0 amide bonds. The molecular weight excluding hydrogens is 297 g/mol. The Labute approximate surface area is 155 Å². The van der Waals surface area contributed by atoms with E-state index in [1.807, 2.05) is 0 Å². The topological polar surface area (TPSA) is 195 Å². The van der Waals surface area contributed by atoms with Gasteiger partial charge in [-0.25, -0.2) is 4.79 Å². The van der Waals surface area contributed by atoms with E-state index in [0.29, 0.717) is 0 Å². The minimum absolute atomic E-state index is 0. The van der Waals surface area contributed by atoms with Gasteiger partial charge in [0.05, 0.1) is 12.8 Å². The molecule has 0 aromatic rings. The number of halogens is 1. The molecule has 0 spiro atoms. The maximum absolute atomic E-state index is 10.3. The third kappa shape index (κ3) is 14.6. The van der Waals surface area contributed by atoms with Crippen molar-refractivity contribution in [2.24, 2.45) is 0 Å². The van der Waals surface area contributed by atoms with Gasteiger partial charge in [0.15, 0.2) is 5.60 Å². The molecule has 0 fully saturated rings. The number of carbonyl (C=O) groups is 3. The monoisotopic (exact) mass is 312 g/mol. The molecule has 0 aliphatic rings. The Morgan fingerprint density at radius 1 is 0.889 bits per heavy atom. The van der Waals surface area contributed by atoms with Crippen molar-refractivity contribution < 1.29 is 108 Å². The minimum atomic E-state index is -2.74. The largest absolute Gasteiger partial charge is 1.00 e. The van der Waals surface area contributed by atoms with Crippen LogP contribution in [0.25, 0.3) is 0 Å². The van der Waals surface area contributed by atoms with Crippen LogP contribution in [-0.2, 0) is 14.4 Å². The summed E-state index contributed by atoms with van der Waals surface area (Å²) in [6.45, 7) is 0. The Morgan fingerprint density at radius 2 is 1.11 bits per heavy atom. The fourth-order valence-electron chi connectivity index (χ4n) is 0.714. The second-order valence-electron chi connectivity index (χ2n) is 2.48. The van der Waals surface area contributed by atoms with Crippen LogP contribution < -0.4 is 59.1 Å². The minimum Gasteiger partial charge on any atom is -1.00 e. The van der Waals surface area contributed by atoms with Crippen LogP contribution in [0.4, 0.5) is 0 Å². The maximum atomic E-state index is 10.3. The van der Waals surface area contributed by atoms with Crippen molar-refractivity contribution in [3.05, 3.63) is 0 Å². The molecule has 0 aromatic heterocycles. The number of carboxylic acids is 3. The summed E-state index contributed by atoms with van der Waals surface area (Å²) in [5.41, 5.74) is -2.74. The average Bonchev–Trinajstić information content (AvgIpc) is 1.82. The van der Waals surface area contributed by atoms with Crippen molar-refractivity contribution in [1.29, 1.82) is 0 Å². The molecule has 0 rings (SSSR count). The van der Waals surface area contributed by atoms with Gasteiger partial charge in [0, 0.05) is 0 Å². The van der Waals surface area contributed by atoms with Crippen LogP contribution in [0, 0.1) is 0 Å². The van der Waals surface area contributed by atoms with E-state index >= 15 is 0 Å². The first-order chi connectivity index (χ1) is 5.78. The van der Waals surface area contributed by atoms with Gasteiger partial charge in [-0.15, -0.1) is 12.4 Å². The quantitative estimate of drug-likeness (QED) is 0.361. The van der Waals surface area contributed by atoms with E-state index in [2.05, 4.69) is 0 Å². The van der Waals surface area contributed by atoms with Crippen molar-refractivity contribution in [3.63, 3.8) is 0 Å². The smallest absolute Gasteiger partial charge is 1.00 e. The van der Waals surface area contributed by atoms with Crippen LogP contribution in [0.3, 0.4) is 0 Å². The van der Waals surface area contributed by atoms with Crippen LogP contribution in [0.1, 0.15) is 15.7 Å². The molecule has 0 aliphatic heterocycles. The molecule has 0 radical (unpaired) electrons. The second kappa shape index (κ2) is 15.6. The van der Waals surface area contributed by atoms with E-state index in [1.54, 1.807) is 0 Å². The first kappa shape index (κ1) is 36.3. The molecule has 0 aliphatic carbocycles. The van der Waals surface area contributed by atoms with E-state index < -0.39 is 36.4 Å². The van der Waals surface area contributed by atoms with Crippen molar-refractivity contribution in [1.82, 2.24) is 0 Å². The molecule has 0 aromatic carbocycles. The number of carboxylic acid groups (broad SMARTS) is 3. The second-order valence-corrected chi connectivity index (χ2v) is 2.48. The average molecular weight is 313 g/mol. The molecule has 0 saturated heterocycles. The van der Waals surface area contributed by atoms with Crippen LogP contribution >= 0.6 is 12.4 Å². The van der Waals surface area contributed by atoms with Crippen LogP contribution in [0.5, 0.6) is 0 Å². The van der Waals surface area contributed by atoms with E-state index in [4.69, 9.17) is 20.4 Å². The summed E-state index contributed by atoms with van der Waals surface area (Å²) in [6, 6.07) is 0. The predicted molar refractivity (Wildman–Crippen MR) is 53.8 cm³/mol. The Kier molecular flexibility index (Phi) is 31.5. The van der Waals surface area contributed by atoms with Crippen molar-refractivity contribution in [3.8, 4) is 0 Å². The Balaban J connectivity index is -0.0000000343. The summed E-state index contributed by atoms with van der Waals surface area (Å²) >= 11 is 0. The van der Waals surface area contributed by atoms with Crippen LogP contribution in [-0.4, -0.2) is 54.9 Å². The summed E-state index contributed by atoms with van der Waals surface area (Å²) < 4.78 is 0. The normalized spacial score (nSPS) is 7.83. The Hall–Kier alpha value is 0.580. The van der Waals surface area contributed by atoms with Gasteiger partial charge in [-0.05, 0) is 0 Å². The fraction of sp³-hybridized carbons (Fsp3) is 0.500. The van der Waals surface area contributed by atoms with Crippen molar-refractivity contribution in [2.75, 3.05) is 0 Å². The number of rotatable bonds is 5. The van der Waals surface area contributed by atoms with E-state index in [0.717, 1.165) is 0 Å². The summed E-state index contributed by atoms with van der Waals surface area (Å²) in [6.07, 6.45) is -2.29. The summed E-state index contributed by atoms with van der Waals surface area (Å²) in [4.78, 5) is 30.5. The van der Waals surface area contributed by atoms with E-state index in [1.165, 1.54) is 0 Å². The molecule has 18 heavy (non-hydrogen) atoms. The van der Waals surface area contributed by atoms with Gasteiger partial charge >= 0.3 is 77.0 Å². The van der Waals surface area contributed by atoms with Gasteiger partial charge in [-0.3, -0.25) is 9.59 Å². The van der Waals surface area contributed by atoms with Gasteiger partial charge in [0.2, 0.25) is 0 Å². The third-order valence-corrected chi connectivity index (χ3v) is 1.29. The molecule has 12 heteroatoms.